The molecule has 2 aromatic carbocycles. The lowest BCUT2D eigenvalue weighted by Crippen LogP contribution is -2.33. The zero-order chi connectivity index (χ0) is 22.4. The van der Waals surface area contributed by atoms with Crippen LogP contribution >= 0.6 is 24.0 Å². The van der Waals surface area contributed by atoms with Gasteiger partial charge in [-0.1, -0.05) is 36.5 Å². The van der Waals surface area contributed by atoms with E-state index in [-0.39, 0.29) is 10.2 Å². The maximum Gasteiger partial charge on any atom is 0.323 e. The smallest absolute Gasteiger partial charge is 0.323 e. The zero-order valence-electron chi connectivity index (χ0n) is 17.5. The Hall–Kier alpha value is -2.84. The second-order valence-electron chi connectivity index (χ2n) is 8.15. The highest BCUT2D eigenvalue weighted by atomic mass is 32.2. The number of rotatable bonds is 5. The van der Waals surface area contributed by atoms with Crippen molar-refractivity contribution in [2.24, 2.45) is 0 Å². The second-order valence-corrected chi connectivity index (χ2v) is 9.83. The van der Waals surface area contributed by atoms with Crippen LogP contribution in [0.4, 0.5) is 11.4 Å². The van der Waals surface area contributed by atoms with Crippen molar-refractivity contribution in [3.63, 3.8) is 0 Å². The minimum Gasteiger partial charge on any atom is -0.497 e. The summed E-state index contributed by atoms with van der Waals surface area (Å²) >= 11 is 6.36. The number of thioether (sulfide) groups is 1. The molecule has 0 spiro atoms. The van der Waals surface area contributed by atoms with E-state index in [1.165, 1.54) is 17.7 Å². The monoisotopic (exact) mass is 466 g/mol. The molecule has 2 heterocycles. The van der Waals surface area contributed by atoms with E-state index in [0.29, 0.717) is 16.9 Å². The summed E-state index contributed by atoms with van der Waals surface area (Å²) in [6, 6.07) is 14.9. The molecule has 8 heteroatoms. The van der Waals surface area contributed by atoms with Gasteiger partial charge in [0, 0.05) is 23.3 Å². The van der Waals surface area contributed by atoms with E-state index in [4.69, 9.17) is 22.1 Å². The van der Waals surface area contributed by atoms with Gasteiger partial charge in [-0.05, 0) is 66.4 Å². The first-order valence-electron chi connectivity index (χ1n) is 10.5. The highest BCUT2D eigenvalue weighted by molar-refractivity contribution is 8.26. The van der Waals surface area contributed by atoms with Crippen LogP contribution in [0.3, 0.4) is 0 Å². The number of carboxylic acid groups (broad SMARTS) is 1. The van der Waals surface area contributed by atoms with Crippen LogP contribution in [0, 0.1) is 0 Å². The van der Waals surface area contributed by atoms with E-state index >= 15 is 0 Å². The highest BCUT2D eigenvalue weighted by Crippen LogP contribution is 2.52. The lowest BCUT2D eigenvalue weighted by molar-refractivity contribution is -0.140. The van der Waals surface area contributed by atoms with Crippen LogP contribution in [0.25, 0.3) is 6.08 Å². The van der Waals surface area contributed by atoms with Gasteiger partial charge in [-0.25, -0.2) is 0 Å². The Balaban J connectivity index is 1.47. The van der Waals surface area contributed by atoms with Crippen LogP contribution in [-0.2, 0) is 9.59 Å². The number of carboxylic acids is 1. The van der Waals surface area contributed by atoms with Crippen LogP contribution in [0.15, 0.2) is 47.4 Å². The number of methoxy groups -OCH3 is 1. The van der Waals surface area contributed by atoms with E-state index in [1.54, 1.807) is 7.11 Å². The Bertz CT molecular complexity index is 1150. The van der Waals surface area contributed by atoms with Gasteiger partial charge in [0.2, 0.25) is 0 Å². The van der Waals surface area contributed by atoms with E-state index in [2.05, 4.69) is 29.2 Å². The number of carbonyl (C=O) groups is 2. The van der Waals surface area contributed by atoms with Crippen LogP contribution in [0.1, 0.15) is 36.3 Å². The molecule has 1 N–H and O–H groups in total. The number of carbonyl (C=O) groups excluding carboxylic acids is 1. The predicted octanol–water partition coefficient (Wildman–Crippen LogP) is 4.77. The number of thiocarbonyl (C=S) groups is 1. The Kier molecular flexibility index (Phi) is 5.43. The first-order valence-corrected chi connectivity index (χ1v) is 11.7. The molecule has 0 radical (unpaired) electrons. The average molecular weight is 467 g/mol. The molecule has 2 unspecified atom stereocenters. The summed E-state index contributed by atoms with van der Waals surface area (Å²) in [4.78, 5) is 27.7. The molecule has 1 amide bonds. The molecule has 3 aliphatic rings. The van der Waals surface area contributed by atoms with Crippen molar-refractivity contribution in [2.75, 3.05) is 18.6 Å². The van der Waals surface area contributed by atoms with E-state index in [0.717, 1.165) is 46.5 Å². The molecular formula is C24H22N2O4S2. The zero-order valence-corrected chi connectivity index (χ0v) is 19.1. The number of benzene rings is 2. The third-order valence-corrected chi connectivity index (χ3v) is 7.71. The average Bonchev–Trinajstić information content (AvgIpc) is 3.44. The number of anilines is 2. The molecule has 2 aromatic rings. The quantitative estimate of drug-likeness (QED) is 0.503. The van der Waals surface area contributed by atoms with Gasteiger partial charge in [-0.2, -0.15) is 0 Å². The van der Waals surface area contributed by atoms with Crippen LogP contribution in [0.2, 0.25) is 0 Å². The number of aliphatic carboxylic acids is 1. The molecule has 2 atom stereocenters. The molecular weight excluding hydrogens is 444 g/mol. The standard InChI is InChI=1S/C24H22N2O4S2/c1-30-16-8-6-15(7-9-16)26-19-4-2-3-17(19)18-11-14(5-10-20(18)26)12-21-23(29)25(13-22(27)28)24(31)32-21/h5-12,17,19H,2-4,13H2,1H3,(H,27,28)/b21-12+. The number of nitrogens with zero attached hydrogens (tertiary/aromatic N) is 2. The SMILES string of the molecule is COc1ccc(N2c3ccc(/C=C4/SC(=S)N(CC(=O)O)C4=O)cc3C3CCCC32)cc1. The number of hydrogen-bond acceptors (Lipinski definition) is 6. The van der Waals surface area contributed by atoms with Gasteiger partial charge in [0.25, 0.3) is 5.91 Å². The first-order chi connectivity index (χ1) is 15.5. The lowest BCUT2D eigenvalue weighted by Gasteiger charge is -2.27. The molecule has 1 saturated carbocycles. The second kappa shape index (κ2) is 8.26. The van der Waals surface area contributed by atoms with Crippen LogP contribution < -0.4 is 9.64 Å². The van der Waals surface area contributed by atoms with E-state index < -0.39 is 12.5 Å². The fourth-order valence-electron chi connectivity index (χ4n) is 4.97. The summed E-state index contributed by atoms with van der Waals surface area (Å²) in [6.07, 6.45) is 5.31. The molecule has 1 saturated heterocycles. The van der Waals surface area contributed by atoms with Crippen molar-refractivity contribution in [1.29, 1.82) is 0 Å². The highest BCUT2D eigenvalue weighted by Gasteiger charge is 2.42. The largest absolute Gasteiger partial charge is 0.497 e. The van der Waals surface area contributed by atoms with E-state index in [1.807, 2.05) is 24.3 Å². The fourth-order valence-corrected chi connectivity index (χ4v) is 6.22. The van der Waals surface area contributed by atoms with Crippen molar-refractivity contribution < 1.29 is 19.4 Å². The van der Waals surface area contributed by atoms with Crippen molar-refractivity contribution in [3.05, 3.63) is 58.5 Å². The molecule has 1 aliphatic carbocycles. The number of hydrogen-bond donors (Lipinski definition) is 1. The normalized spacial score (nSPS) is 23.1. The molecule has 6 nitrogen and oxygen atoms in total. The lowest BCUT2D eigenvalue weighted by atomic mass is 9.96. The summed E-state index contributed by atoms with van der Waals surface area (Å²) in [5, 5.41) is 9.03. The van der Waals surface area contributed by atoms with Gasteiger partial charge in [0.05, 0.1) is 12.0 Å². The van der Waals surface area contributed by atoms with Crippen LogP contribution in [-0.4, -0.2) is 45.9 Å². The minimum atomic E-state index is -1.08. The molecule has 5 rings (SSSR count). The van der Waals surface area contributed by atoms with Crippen molar-refractivity contribution in [2.45, 2.75) is 31.2 Å². The number of ether oxygens (including phenoxy) is 1. The maximum absolute atomic E-state index is 12.6. The fraction of sp³-hybridized carbons (Fsp3) is 0.292. The van der Waals surface area contributed by atoms with Gasteiger partial charge in [-0.3, -0.25) is 14.5 Å². The number of amides is 1. The Morgan fingerprint density at radius 1 is 1.25 bits per heavy atom. The Labute approximate surface area is 195 Å². The molecule has 0 aromatic heterocycles. The van der Waals surface area contributed by atoms with Gasteiger partial charge in [-0.15, -0.1) is 0 Å². The Morgan fingerprint density at radius 3 is 2.75 bits per heavy atom. The first kappa shape index (κ1) is 21.0. The van der Waals surface area contributed by atoms with Crippen molar-refractivity contribution in [1.82, 2.24) is 4.90 Å². The summed E-state index contributed by atoms with van der Waals surface area (Å²) in [5.74, 6) is -0.124. The summed E-state index contributed by atoms with van der Waals surface area (Å²) in [6.45, 7) is -0.410. The van der Waals surface area contributed by atoms with Crippen molar-refractivity contribution >= 4 is 57.6 Å². The third-order valence-electron chi connectivity index (χ3n) is 6.34. The summed E-state index contributed by atoms with van der Waals surface area (Å²) in [5.41, 5.74) is 4.60. The maximum atomic E-state index is 12.6. The predicted molar refractivity (Wildman–Crippen MR) is 129 cm³/mol. The molecule has 0 bridgehead atoms. The van der Waals surface area contributed by atoms with Gasteiger partial charge in [0.15, 0.2) is 0 Å². The third kappa shape index (κ3) is 3.57. The minimum absolute atomic E-state index is 0.284. The molecule has 2 aliphatic heterocycles. The molecule has 164 valence electrons. The number of fused-ring (bicyclic) bond motifs is 3. The van der Waals surface area contributed by atoms with E-state index in [9.17, 15) is 9.59 Å². The Morgan fingerprint density at radius 2 is 2.03 bits per heavy atom. The molecule has 32 heavy (non-hydrogen) atoms. The topological polar surface area (TPSA) is 70.1 Å². The summed E-state index contributed by atoms with van der Waals surface area (Å²) < 4.78 is 5.60. The van der Waals surface area contributed by atoms with Crippen LogP contribution in [0.5, 0.6) is 5.75 Å². The van der Waals surface area contributed by atoms with Gasteiger partial charge < -0.3 is 14.7 Å². The van der Waals surface area contributed by atoms with Gasteiger partial charge in [0.1, 0.15) is 16.6 Å². The van der Waals surface area contributed by atoms with Gasteiger partial charge >= 0.3 is 5.97 Å². The van der Waals surface area contributed by atoms with Crippen molar-refractivity contribution in [3.8, 4) is 5.75 Å². The summed E-state index contributed by atoms with van der Waals surface area (Å²) in [7, 11) is 1.67. The molecule has 2 fully saturated rings.